The van der Waals surface area contributed by atoms with Gasteiger partial charge in [0.05, 0.1) is 13.2 Å². The zero-order valence-electron chi connectivity index (χ0n) is 12.3. The molecule has 0 amide bonds. The van der Waals surface area contributed by atoms with E-state index in [0.717, 1.165) is 19.4 Å². The van der Waals surface area contributed by atoms with E-state index in [-0.39, 0.29) is 0 Å². The Hall–Kier alpha value is -0.423. The van der Waals surface area contributed by atoms with E-state index in [2.05, 4.69) is 32.8 Å². The van der Waals surface area contributed by atoms with Gasteiger partial charge in [0.15, 0.2) is 14.1 Å². The maximum atomic E-state index is 5.82. The first-order valence-corrected chi connectivity index (χ1v) is 9.87. The zero-order valence-corrected chi connectivity index (χ0v) is 13.3. The summed E-state index contributed by atoms with van der Waals surface area (Å²) in [7, 11) is -1.42. The molecule has 0 atom stereocenters. The molecule has 18 heavy (non-hydrogen) atoms. The zero-order chi connectivity index (χ0) is 14.1. The van der Waals surface area contributed by atoms with E-state index in [4.69, 9.17) is 13.9 Å². The third-order valence-electron chi connectivity index (χ3n) is 2.32. The van der Waals surface area contributed by atoms with Crippen molar-refractivity contribution in [2.24, 2.45) is 0 Å². The summed E-state index contributed by atoms with van der Waals surface area (Å²) >= 11 is 0. The van der Waals surface area contributed by atoms with Crippen LogP contribution in [-0.4, -0.2) is 33.9 Å². The van der Waals surface area contributed by atoms with Gasteiger partial charge in [0.2, 0.25) is 0 Å². The van der Waals surface area contributed by atoms with E-state index in [0.29, 0.717) is 13.2 Å². The molecule has 0 fully saturated rings. The Labute approximate surface area is 113 Å². The minimum atomic E-state index is -1.42. The third kappa shape index (κ3) is 9.59. The maximum absolute atomic E-state index is 5.82. The number of ether oxygens (including phenoxy) is 2. The van der Waals surface area contributed by atoms with E-state index < -0.39 is 14.1 Å². The lowest BCUT2D eigenvalue weighted by atomic mass is 10.1. The van der Waals surface area contributed by atoms with Crippen LogP contribution in [0.2, 0.25) is 19.6 Å². The molecule has 4 heteroatoms. The molecule has 0 N–H and O–H groups in total. The lowest BCUT2D eigenvalue weighted by molar-refractivity contribution is -0.218. The second-order valence-corrected chi connectivity index (χ2v) is 9.91. The predicted octanol–water partition coefficient (Wildman–Crippen LogP) is 3.74. The van der Waals surface area contributed by atoms with Crippen LogP contribution in [0.4, 0.5) is 0 Å². The molecule has 0 aromatic carbocycles. The van der Waals surface area contributed by atoms with E-state index >= 15 is 0 Å². The van der Waals surface area contributed by atoms with Crippen molar-refractivity contribution in [3.05, 3.63) is 25.3 Å². The van der Waals surface area contributed by atoms with Crippen molar-refractivity contribution in [1.82, 2.24) is 0 Å². The minimum absolute atomic E-state index is 0.489. The first-order chi connectivity index (χ1) is 8.33. The van der Waals surface area contributed by atoms with Gasteiger partial charge >= 0.3 is 0 Å². The van der Waals surface area contributed by atoms with Gasteiger partial charge in [-0.25, -0.2) is 0 Å². The van der Waals surface area contributed by atoms with Crippen molar-refractivity contribution in [3.63, 3.8) is 0 Å². The summed E-state index contributed by atoms with van der Waals surface area (Å²) in [5.74, 6) is -0.578. The van der Waals surface area contributed by atoms with Crippen molar-refractivity contribution < 1.29 is 13.9 Å². The topological polar surface area (TPSA) is 27.7 Å². The second kappa shape index (κ2) is 8.64. The highest BCUT2D eigenvalue weighted by atomic mass is 28.4. The van der Waals surface area contributed by atoms with Crippen LogP contribution >= 0.6 is 0 Å². The van der Waals surface area contributed by atoms with Gasteiger partial charge in [-0.3, -0.25) is 0 Å². The second-order valence-electron chi connectivity index (χ2n) is 5.40. The fourth-order valence-corrected chi connectivity index (χ4v) is 2.18. The van der Waals surface area contributed by atoms with Crippen LogP contribution in [0.5, 0.6) is 0 Å². The smallest absolute Gasteiger partial charge is 0.183 e. The predicted molar refractivity (Wildman–Crippen MR) is 79.2 cm³/mol. The molecule has 0 saturated heterocycles. The molecule has 0 aliphatic rings. The summed E-state index contributed by atoms with van der Waals surface area (Å²) in [6, 6.07) is 0. The van der Waals surface area contributed by atoms with Crippen LogP contribution in [0, 0.1) is 0 Å². The molecule has 0 aromatic rings. The summed E-state index contributed by atoms with van der Waals surface area (Å²) in [6.07, 6.45) is 5.19. The monoisotopic (exact) mass is 272 g/mol. The summed E-state index contributed by atoms with van der Waals surface area (Å²) < 4.78 is 17.2. The molecule has 0 unspecified atom stereocenters. The number of rotatable bonds is 11. The van der Waals surface area contributed by atoms with E-state index in [1.54, 1.807) is 12.2 Å². The van der Waals surface area contributed by atoms with Crippen LogP contribution in [0.1, 0.15) is 19.8 Å². The molecule has 0 aliphatic heterocycles. The van der Waals surface area contributed by atoms with Crippen LogP contribution in [0.15, 0.2) is 25.3 Å². The van der Waals surface area contributed by atoms with Gasteiger partial charge in [-0.2, -0.15) is 0 Å². The van der Waals surface area contributed by atoms with Crippen molar-refractivity contribution in [2.45, 2.75) is 45.2 Å². The Morgan fingerprint density at radius 2 is 1.56 bits per heavy atom. The molecule has 0 saturated carbocycles. The van der Waals surface area contributed by atoms with E-state index in [9.17, 15) is 0 Å². The Bertz CT molecular complexity index is 234. The molecular weight excluding hydrogens is 244 g/mol. The minimum Gasteiger partial charge on any atom is -0.418 e. The molecule has 0 bridgehead atoms. The van der Waals surface area contributed by atoms with Crippen molar-refractivity contribution in [3.8, 4) is 0 Å². The van der Waals surface area contributed by atoms with E-state index in [1.807, 2.05) is 6.92 Å². The first-order valence-electron chi connectivity index (χ1n) is 6.46. The molecule has 0 aliphatic carbocycles. The summed E-state index contributed by atoms with van der Waals surface area (Å²) in [4.78, 5) is 0. The van der Waals surface area contributed by atoms with Crippen LogP contribution in [-0.2, 0) is 13.9 Å². The Morgan fingerprint density at radius 1 is 1.06 bits per heavy atom. The molecule has 0 radical (unpaired) electrons. The summed E-state index contributed by atoms with van der Waals surface area (Å²) in [5, 5.41) is 0. The van der Waals surface area contributed by atoms with Gasteiger partial charge in [0, 0.05) is 13.0 Å². The van der Waals surface area contributed by atoms with Gasteiger partial charge in [-0.15, -0.1) is 13.2 Å². The molecule has 0 spiro atoms. The van der Waals surface area contributed by atoms with Gasteiger partial charge in [-0.1, -0.05) is 12.2 Å². The molecule has 0 rings (SSSR count). The fraction of sp³-hybridized carbons (Fsp3) is 0.714. The standard InChI is InChI=1S/C14H28O3Si/c1-7-11-15-14(3,16-12-8-2)10-9-13-17-18(4,5)6/h7-8H,1-2,9-13H2,3-6H3. The Morgan fingerprint density at radius 3 is 1.94 bits per heavy atom. The Balaban J connectivity index is 4.06. The quantitative estimate of drug-likeness (QED) is 0.248. The maximum Gasteiger partial charge on any atom is 0.183 e. The number of hydrogen-bond acceptors (Lipinski definition) is 3. The highest BCUT2D eigenvalue weighted by molar-refractivity contribution is 6.69. The lowest BCUT2D eigenvalue weighted by Crippen LogP contribution is -2.34. The average Bonchev–Trinajstić information content (AvgIpc) is 2.29. The van der Waals surface area contributed by atoms with Crippen LogP contribution in [0.25, 0.3) is 0 Å². The SMILES string of the molecule is C=CCOC(C)(CCCO[Si](C)(C)C)OCC=C. The van der Waals surface area contributed by atoms with Crippen molar-refractivity contribution in [1.29, 1.82) is 0 Å². The average molecular weight is 272 g/mol. The normalized spacial score (nSPS) is 12.4. The lowest BCUT2D eigenvalue weighted by Gasteiger charge is -2.29. The summed E-state index contributed by atoms with van der Waals surface area (Å²) in [6.45, 7) is 17.6. The van der Waals surface area contributed by atoms with Crippen molar-refractivity contribution in [2.75, 3.05) is 19.8 Å². The largest absolute Gasteiger partial charge is 0.418 e. The third-order valence-corrected chi connectivity index (χ3v) is 3.39. The molecular formula is C14H28O3Si. The van der Waals surface area contributed by atoms with Gasteiger partial charge < -0.3 is 13.9 Å². The first kappa shape index (κ1) is 17.6. The highest BCUT2D eigenvalue weighted by Gasteiger charge is 2.25. The molecule has 106 valence electrons. The fourth-order valence-electron chi connectivity index (χ4n) is 1.43. The van der Waals surface area contributed by atoms with Gasteiger partial charge in [0.1, 0.15) is 0 Å². The number of hydrogen-bond donors (Lipinski definition) is 0. The van der Waals surface area contributed by atoms with Gasteiger partial charge in [0.25, 0.3) is 0 Å². The Kier molecular flexibility index (Phi) is 8.44. The van der Waals surface area contributed by atoms with Crippen LogP contribution < -0.4 is 0 Å². The molecule has 3 nitrogen and oxygen atoms in total. The molecule has 0 aromatic heterocycles. The van der Waals surface area contributed by atoms with Crippen molar-refractivity contribution >= 4 is 8.32 Å². The van der Waals surface area contributed by atoms with Crippen LogP contribution in [0.3, 0.4) is 0 Å². The molecule has 0 heterocycles. The highest BCUT2D eigenvalue weighted by Crippen LogP contribution is 2.20. The summed E-state index contributed by atoms with van der Waals surface area (Å²) in [5.41, 5.74) is 0. The van der Waals surface area contributed by atoms with E-state index in [1.165, 1.54) is 0 Å². The van der Waals surface area contributed by atoms with Gasteiger partial charge in [-0.05, 0) is 33.0 Å².